The molecule has 0 aliphatic carbocycles. The molecule has 0 saturated carbocycles. The molecule has 1 saturated heterocycles. The zero-order valence-corrected chi connectivity index (χ0v) is 20.5. The van der Waals surface area contributed by atoms with Crippen molar-refractivity contribution in [3.63, 3.8) is 0 Å². The molecule has 0 N–H and O–H groups in total. The second-order valence-electron chi connectivity index (χ2n) is 8.11. The van der Waals surface area contributed by atoms with Gasteiger partial charge in [0.1, 0.15) is 11.4 Å². The normalized spacial score (nSPS) is 15.1. The smallest absolute Gasteiger partial charge is 0.272 e. The molecule has 1 fully saturated rings. The molecule has 34 heavy (non-hydrogen) atoms. The number of hydrogen-bond donors (Lipinski definition) is 0. The number of nitrogens with zero attached hydrogens (tertiary/aromatic N) is 4. The van der Waals surface area contributed by atoms with Crippen LogP contribution in [0.5, 0.6) is 0 Å². The van der Waals surface area contributed by atoms with Gasteiger partial charge in [0.25, 0.3) is 5.91 Å². The van der Waals surface area contributed by atoms with E-state index in [-0.39, 0.29) is 19.0 Å². The molecule has 0 bridgehead atoms. The summed E-state index contributed by atoms with van der Waals surface area (Å²) in [6, 6.07) is 16.4. The van der Waals surface area contributed by atoms with Gasteiger partial charge in [-0.1, -0.05) is 18.2 Å². The molecule has 4 heterocycles. The number of aromatic nitrogens is 2. The van der Waals surface area contributed by atoms with Gasteiger partial charge >= 0.3 is 0 Å². The number of thiophene rings is 1. The van der Waals surface area contributed by atoms with E-state index in [1.165, 1.54) is 15.6 Å². The summed E-state index contributed by atoms with van der Waals surface area (Å²) >= 11 is 1.48. The number of carbonyl (C=O) groups excluding carboxylic acids is 1. The van der Waals surface area contributed by atoms with Gasteiger partial charge in [0.05, 0.1) is 16.8 Å². The first-order valence-electron chi connectivity index (χ1n) is 10.9. The summed E-state index contributed by atoms with van der Waals surface area (Å²) in [6.45, 7) is 4.82. The lowest BCUT2D eigenvalue weighted by atomic mass is 10.2. The van der Waals surface area contributed by atoms with Gasteiger partial charge in [-0.05, 0) is 44.2 Å². The number of furan rings is 1. The lowest BCUT2D eigenvalue weighted by Gasteiger charge is -2.34. The molecular weight excluding hydrogens is 472 g/mol. The summed E-state index contributed by atoms with van der Waals surface area (Å²) < 4.78 is 34.9. The summed E-state index contributed by atoms with van der Waals surface area (Å²) in [6.07, 6.45) is 1.56. The van der Waals surface area contributed by atoms with Crippen LogP contribution in [0.2, 0.25) is 0 Å². The van der Waals surface area contributed by atoms with Crippen LogP contribution in [0.1, 0.15) is 20.2 Å². The van der Waals surface area contributed by atoms with Gasteiger partial charge in [-0.25, -0.2) is 13.1 Å². The van der Waals surface area contributed by atoms with E-state index >= 15 is 0 Å². The van der Waals surface area contributed by atoms with Crippen LogP contribution >= 0.6 is 11.3 Å². The van der Waals surface area contributed by atoms with Crippen LogP contribution in [-0.2, 0) is 10.0 Å². The van der Waals surface area contributed by atoms with Gasteiger partial charge in [-0.15, -0.1) is 11.3 Å². The van der Waals surface area contributed by atoms with Crippen molar-refractivity contribution in [1.82, 2.24) is 19.0 Å². The molecule has 1 aromatic carbocycles. The van der Waals surface area contributed by atoms with Crippen LogP contribution in [0, 0.1) is 13.8 Å². The van der Waals surface area contributed by atoms with Gasteiger partial charge in [0.15, 0.2) is 5.76 Å². The fourth-order valence-electron chi connectivity index (χ4n) is 4.14. The predicted molar refractivity (Wildman–Crippen MR) is 130 cm³/mol. The Kier molecular flexibility index (Phi) is 5.88. The molecule has 1 amide bonds. The predicted octanol–water partition coefficient (Wildman–Crippen LogP) is 3.96. The minimum Gasteiger partial charge on any atom is -0.463 e. The molecule has 10 heteroatoms. The minimum atomic E-state index is -3.59. The van der Waals surface area contributed by atoms with Crippen molar-refractivity contribution in [3.8, 4) is 17.1 Å². The van der Waals surface area contributed by atoms with Gasteiger partial charge in [0, 0.05) is 42.0 Å². The number of hydrogen-bond acceptors (Lipinski definition) is 6. The zero-order chi connectivity index (χ0) is 23.9. The molecule has 1 aliphatic heterocycles. The maximum absolute atomic E-state index is 13.5. The van der Waals surface area contributed by atoms with Crippen LogP contribution in [0.4, 0.5) is 0 Å². The molecule has 0 radical (unpaired) electrons. The molecule has 4 aromatic rings. The fraction of sp³-hybridized carbons (Fsp3) is 0.250. The van der Waals surface area contributed by atoms with Gasteiger partial charge in [-0.2, -0.15) is 9.40 Å². The summed E-state index contributed by atoms with van der Waals surface area (Å²) in [7, 11) is -3.59. The molecule has 0 unspecified atom stereocenters. The van der Waals surface area contributed by atoms with Gasteiger partial charge in [0.2, 0.25) is 10.0 Å². The number of rotatable bonds is 5. The van der Waals surface area contributed by atoms with E-state index < -0.39 is 10.0 Å². The van der Waals surface area contributed by atoms with Crippen molar-refractivity contribution in [2.75, 3.05) is 26.2 Å². The highest BCUT2D eigenvalue weighted by molar-refractivity contribution is 7.89. The molecule has 1 aliphatic rings. The molecule has 5 rings (SSSR count). The number of piperazine rings is 1. The Bertz CT molecular complexity index is 1410. The summed E-state index contributed by atoms with van der Waals surface area (Å²) in [5.41, 5.74) is 1.72. The van der Waals surface area contributed by atoms with Crippen LogP contribution in [0.3, 0.4) is 0 Å². The fourth-order valence-corrected chi connectivity index (χ4v) is 7.09. The molecule has 0 spiro atoms. The largest absolute Gasteiger partial charge is 0.463 e. The summed E-state index contributed by atoms with van der Waals surface area (Å²) in [4.78, 5) is 17.3. The second kappa shape index (κ2) is 8.86. The number of para-hydroxylation sites is 1. The van der Waals surface area contributed by atoms with Crippen LogP contribution in [0.15, 0.2) is 70.2 Å². The molecule has 8 nitrogen and oxygen atoms in total. The van der Waals surface area contributed by atoms with Crippen molar-refractivity contribution < 1.29 is 17.6 Å². The summed E-state index contributed by atoms with van der Waals surface area (Å²) in [5, 5.41) is 4.61. The van der Waals surface area contributed by atoms with Crippen LogP contribution in [0.25, 0.3) is 17.1 Å². The average Bonchev–Trinajstić information content (AvgIpc) is 3.59. The number of carbonyl (C=O) groups is 1. The third-order valence-corrected chi connectivity index (χ3v) is 8.96. The SMILES string of the molecule is Cc1cc(S(=O)(=O)N2CCN(C(=O)c3cc(-c4ccco4)nn3-c3ccccc3)CC2)c(C)s1. The topological polar surface area (TPSA) is 88.7 Å². The number of sulfonamides is 1. The van der Waals surface area contributed by atoms with E-state index in [0.717, 1.165) is 15.4 Å². The van der Waals surface area contributed by atoms with Crippen LogP contribution in [-0.4, -0.2) is 59.5 Å². The van der Waals surface area contributed by atoms with Crippen molar-refractivity contribution in [3.05, 3.63) is 76.3 Å². The van der Waals surface area contributed by atoms with E-state index in [1.54, 1.807) is 40.1 Å². The maximum atomic E-state index is 13.5. The highest BCUT2D eigenvalue weighted by Crippen LogP contribution is 2.29. The van der Waals surface area contributed by atoms with Crippen LogP contribution < -0.4 is 0 Å². The standard InChI is InChI=1S/C24H24N4O4S2/c1-17-15-23(18(2)33-17)34(30,31)27-12-10-26(11-13-27)24(29)21-16-20(22-9-6-14-32-22)25-28(21)19-7-4-3-5-8-19/h3-9,14-16H,10-13H2,1-2H3. The first kappa shape index (κ1) is 22.6. The van der Waals surface area contributed by atoms with Crippen molar-refractivity contribution in [2.24, 2.45) is 0 Å². The highest BCUT2D eigenvalue weighted by atomic mass is 32.2. The molecule has 0 atom stereocenters. The maximum Gasteiger partial charge on any atom is 0.272 e. The summed E-state index contributed by atoms with van der Waals surface area (Å²) in [5.74, 6) is 0.370. The molecule has 176 valence electrons. The monoisotopic (exact) mass is 496 g/mol. The van der Waals surface area contributed by atoms with Gasteiger partial charge < -0.3 is 9.32 Å². The minimum absolute atomic E-state index is 0.200. The first-order chi connectivity index (χ1) is 16.3. The molecular formula is C24H24N4O4S2. The third kappa shape index (κ3) is 4.08. The Balaban J connectivity index is 1.39. The van der Waals surface area contributed by atoms with Gasteiger partial charge in [-0.3, -0.25) is 4.79 Å². The average molecular weight is 497 g/mol. The van der Waals surface area contributed by atoms with E-state index in [9.17, 15) is 13.2 Å². The lowest BCUT2D eigenvalue weighted by Crippen LogP contribution is -2.50. The highest BCUT2D eigenvalue weighted by Gasteiger charge is 2.33. The molecule has 3 aromatic heterocycles. The third-order valence-electron chi connectivity index (χ3n) is 5.84. The van der Waals surface area contributed by atoms with E-state index in [0.29, 0.717) is 35.1 Å². The number of benzene rings is 1. The Labute approximate surface area is 202 Å². The quantitative estimate of drug-likeness (QED) is 0.417. The van der Waals surface area contributed by atoms with E-state index in [1.807, 2.05) is 44.2 Å². The van der Waals surface area contributed by atoms with E-state index in [2.05, 4.69) is 5.10 Å². The zero-order valence-electron chi connectivity index (χ0n) is 18.8. The Morgan fingerprint density at radius 1 is 1.00 bits per heavy atom. The van der Waals surface area contributed by atoms with Crippen molar-refractivity contribution >= 4 is 27.3 Å². The second-order valence-corrected chi connectivity index (χ2v) is 11.5. The van der Waals surface area contributed by atoms with E-state index in [4.69, 9.17) is 4.42 Å². The first-order valence-corrected chi connectivity index (χ1v) is 13.2. The lowest BCUT2D eigenvalue weighted by molar-refractivity contribution is 0.0688. The van der Waals surface area contributed by atoms with Crippen molar-refractivity contribution in [1.29, 1.82) is 0 Å². The number of amides is 1. The Morgan fingerprint density at radius 2 is 1.74 bits per heavy atom. The Hall–Kier alpha value is -3.21. The Morgan fingerprint density at radius 3 is 2.35 bits per heavy atom. The van der Waals surface area contributed by atoms with Crippen molar-refractivity contribution in [2.45, 2.75) is 18.7 Å². The number of aryl methyl sites for hydroxylation is 2.